The minimum atomic E-state index is -1.53. The van der Waals surface area contributed by atoms with E-state index in [-0.39, 0.29) is 12.1 Å². The lowest BCUT2D eigenvalue weighted by molar-refractivity contribution is -0.141. The van der Waals surface area contributed by atoms with Gasteiger partial charge in [0.15, 0.2) is 0 Å². The van der Waals surface area contributed by atoms with Crippen LogP contribution >= 0.6 is 11.6 Å². The lowest BCUT2D eigenvalue weighted by Crippen LogP contribution is -2.42. The Hall–Kier alpha value is -1.79. The molecule has 1 rings (SSSR count). The molecule has 0 spiro atoms. The molecule has 0 aromatic heterocycles. The number of hydrogen-bond acceptors (Lipinski definition) is 4. The van der Waals surface area contributed by atoms with Crippen molar-refractivity contribution in [1.82, 2.24) is 5.32 Å². The van der Waals surface area contributed by atoms with Gasteiger partial charge in [-0.05, 0) is 25.1 Å². The number of benzene rings is 1. The van der Waals surface area contributed by atoms with Gasteiger partial charge in [0.25, 0.3) is 5.91 Å². The predicted octanol–water partition coefficient (Wildman–Crippen LogP) is 1.30. The van der Waals surface area contributed by atoms with E-state index in [1.807, 2.05) is 0 Å². The Morgan fingerprint density at radius 3 is 2.65 bits per heavy atom. The molecular weight excluding hydrogens is 286 g/mol. The number of carbonyl (C=O) groups excluding carboxylic acids is 1. The number of aliphatic hydroxyl groups is 1. The standard InChI is InChI=1S/C13H16ClNO5/c1-13(19,6-11(16)17)7-15-12(18)9-5-8(14)3-4-10(9)20-2/h3-5,19H,6-7H2,1-2H3,(H,15,18)(H,16,17). The van der Waals surface area contributed by atoms with Gasteiger partial charge in [0.2, 0.25) is 0 Å². The van der Waals surface area contributed by atoms with E-state index in [2.05, 4.69) is 5.32 Å². The first-order valence-electron chi connectivity index (χ1n) is 5.81. The monoisotopic (exact) mass is 301 g/mol. The number of carboxylic acid groups (broad SMARTS) is 1. The highest BCUT2D eigenvalue weighted by molar-refractivity contribution is 6.31. The fraction of sp³-hybridized carbons (Fsp3) is 0.385. The fourth-order valence-corrected chi connectivity index (χ4v) is 1.78. The molecule has 0 heterocycles. The topological polar surface area (TPSA) is 95.9 Å². The first-order chi connectivity index (χ1) is 9.25. The van der Waals surface area contributed by atoms with Gasteiger partial charge < -0.3 is 20.3 Å². The molecule has 0 saturated heterocycles. The van der Waals surface area contributed by atoms with Gasteiger partial charge in [-0.1, -0.05) is 11.6 Å². The maximum absolute atomic E-state index is 12.0. The van der Waals surface area contributed by atoms with Crippen LogP contribution in [0.5, 0.6) is 5.75 Å². The average Bonchev–Trinajstić information content (AvgIpc) is 2.34. The van der Waals surface area contributed by atoms with Crippen molar-refractivity contribution in [2.24, 2.45) is 0 Å². The second kappa shape index (κ2) is 6.58. The van der Waals surface area contributed by atoms with Crippen LogP contribution in [-0.4, -0.2) is 41.3 Å². The summed E-state index contributed by atoms with van der Waals surface area (Å²) in [6, 6.07) is 4.56. The number of aliphatic carboxylic acids is 1. The molecule has 110 valence electrons. The number of ether oxygens (including phenoxy) is 1. The summed E-state index contributed by atoms with van der Waals surface area (Å²) in [5.41, 5.74) is -1.32. The predicted molar refractivity (Wildman–Crippen MR) is 73.2 cm³/mol. The molecule has 1 atom stereocenters. The zero-order valence-corrected chi connectivity index (χ0v) is 11.9. The van der Waals surface area contributed by atoms with Crippen molar-refractivity contribution < 1.29 is 24.5 Å². The Labute approximate surface area is 121 Å². The minimum absolute atomic E-state index is 0.201. The van der Waals surface area contributed by atoms with Crippen molar-refractivity contribution in [3.05, 3.63) is 28.8 Å². The molecule has 0 bridgehead atoms. The zero-order chi connectivity index (χ0) is 15.3. The summed E-state index contributed by atoms with van der Waals surface area (Å²) in [4.78, 5) is 22.6. The molecule has 1 amide bonds. The van der Waals surface area contributed by atoms with E-state index in [0.29, 0.717) is 10.8 Å². The van der Waals surface area contributed by atoms with Gasteiger partial charge in [-0.15, -0.1) is 0 Å². The van der Waals surface area contributed by atoms with Gasteiger partial charge in [0, 0.05) is 11.6 Å². The van der Waals surface area contributed by atoms with Gasteiger partial charge in [0.05, 0.1) is 24.7 Å². The summed E-state index contributed by atoms with van der Waals surface area (Å²) < 4.78 is 5.04. The summed E-state index contributed by atoms with van der Waals surface area (Å²) >= 11 is 5.81. The lowest BCUT2D eigenvalue weighted by Gasteiger charge is -2.21. The molecule has 0 aliphatic carbocycles. The lowest BCUT2D eigenvalue weighted by atomic mass is 10.0. The van der Waals surface area contributed by atoms with Crippen LogP contribution in [0.1, 0.15) is 23.7 Å². The number of carboxylic acids is 1. The maximum Gasteiger partial charge on any atom is 0.306 e. The largest absolute Gasteiger partial charge is 0.496 e. The summed E-state index contributed by atoms with van der Waals surface area (Å²) in [5.74, 6) is -1.32. The van der Waals surface area contributed by atoms with Gasteiger partial charge in [0.1, 0.15) is 5.75 Å². The van der Waals surface area contributed by atoms with Crippen LogP contribution in [0, 0.1) is 0 Å². The first-order valence-corrected chi connectivity index (χ1v) is 6.19. The third-order valence-electron chi connectivity index (χ3n) is 2.57. The van der Waals surface area contributed by atoms with E-state index in [9.17, 15) is 14.7 Å². The summed E-state index contributed by atoms with van der Waals surface area (Å²) in [7, 11) is 1.42. The van der Waals surface area contributed by atoms with Crippen molar-refractivity contribution in [3.8, 4) is 5.75 Å². The van der Waals surface area contributed by atoms with Crippen LogP contribution in [0.3, 0.4) is 0 Å². The van der Waals surface area contributed by atoms with Gasteiger partial charge >= 0.3 is 5.97 Å². The smallest absolute Gasteiger partial charge is 0.306 e. The van der Waals surface area contributed by atoms with Crippen LogP contribution in [0.4, 0.5) is 0 Å². The third kappa shape index (κ3) is 4.71. The number of halogens is 1. The van der Waals surface area contributed by atoms with Crippen LogP contribution in [-0.2, 0) is 4.79 Å². The van der Waals surface area contributed by atoms with Crippen molar-refractivity contribution in [1.29, 1.82) is 0 Å². The van der Waals surface area contributed by atoms with Crippen molar-refractivity contribution in [2.45, 2.75) is 18.9 Å². The molecule has 0 saturated carbocycles. The Morgan fingerprint density at radius 2 is 2.10 bits per heavy atom. The van der Waals surface area contributed by atoms with E-state index in [4.69, 9.17) is 21.4 Å². The Bertz CT molecular complexity index is 515. The number of rotatable bonds is 6. The van der Waals surface area contributed by atoms with Crippen molar-refractivity contribution >= 4 is 23.5 Å². The molecule has 1 aromatic carbocycles. The molecule has 20 heavy (non-hydrogen) atoms. The average molecular weight is 302 g/mol. The number of methoxy groups -OCH3 is 1. The quantitative estimate of drug-likeness (QED) is 0.736. The van der Waals surface area contributed by atoms with E-state index in [1.54, 1.807) is 12.1 Å². The van der Waals surface area contributed by atoms with E-state index >= 15 is 0 Å². The normalized spacial score (nSPS) is 13.4. The summed E-state index contributed by atoms with van der Waals surface area (Å²) in [6.07, 6.45) is -0.472. The summed E-state index contributed by atoms with van der Waals surface area (Å²) in [5, 5.41) is 21.3. The Kier molecular flexibility index (Phi) is 5.35. The third-order valence-corrected chi connectivity index (χ3v) is 2.80. The molecule has 6 nitrogen and oxygen atoms in total. The summed E-state index contributed by atoms with van der Waals surface area (Å²) in [6.45, 7) is 1.13. The van der Waals surface area contributed by atoms with Gasteiger partial charge in [-0.25, -0.2) is 0 Å². The molecule has 1 aromatic rings. The van der Waals surface area contributed by atoms with Crippen LogP contribution < -0.4 is 10.1 Å². The van der Waals surface area contributed by atoms with E-state index in [1.165, 1.54) is 20.1 Å². The van der Waals surface area contributed by atoms with Crippen LogP contribution in [0.15, 0.2) is 18.2 Å². The number of nitrogens with one attached hydrogen (secondary N) is 1. The number of hydrogen-bond donors (Lipinski definition) is 3. The van der Waals surface area contributed by atoms with E-state index < -0.39 is 23.9 Å². The molecule has 0 aliphatic heterocycles. The number of carbonyl (C=O) groups is 2. The minimum Gasteiger partial charge on any atom is -0.496 e. The highest BCUT2D eigenvalue weighted by Gasteiger charge is 2.25. The van der Waals surface area contributed by atoms with Gasteiger partial charge in [-0.2, -0.15) is 0 Å². The Balaban J connectivity index is 2.77. The maximum atomic E-state index is 12.0. The zero-order valence-electron chi connectivity index (χ0n) is 11.1. The molecule has 7 heteroatoms. The van der Waals surface area contributed by atoms with Crippen molar-refractivity contribution in [3.63, 3.8) is 0 Å². The SMILES string of the molecule is COc1ccc(Cl)cc1C(=O)NCC(C)(O)CC(=O)O. The van der Waals surface area contributed by atoms with Gasteiger partial charge in [-0.3, -0.25) is 9.59 Å². The second-order valence-electron chi connectivity index (χ2n) is 4.59. The second-order valence-corrected chi connectivity index (χ2v) is 5.03. The highest BCUT2D eigenvalue weighted by Crippen LogP contribution is 2.22. The molecule has 0 aliphatic rings. The highest BCUT2D eigenvalue weighted by atomic mass is 35.5. The molecule has 0 fully saturated rings. The molecular formula is C13H16ClNO5. The molecule has 3 N–H and O–H groups in total. The van der Waals surface area contributed by atoms with Crippen LogP contribution in [0.2, 0.25) is 5.02 Å². The molecule has 1 unspecified atom stereocenters. The van der Waals surface area contributed by atoms with Crippen LogP contribution in [0.25, 0.3) is 0 Å². The van der Waals surface area contributed by atoms with E-state index in [0.717, 1.165) is 0 Å². The number of amides is 1. The first kappa shape index (κ1) is 16.3. The van der Waals surface area contributed by atoms with Crippen molar-refractivity contribution in [2.75, 3.05) is 13.7 Å². The fourth-order valence-electron chi connectivity index (χ4n) is 1.61. The molecule has 0 radical (unpaired) electrons. The Morgan fingerprint density at radius 1 is 1.45 bits per heavy atom.